The standard InChI is InChI=1S/C17H20F2N4O2/c1-12-3-4-13(11-14(12)25-16(18)19)22-15(24)17(5-8-20-9-6-17)23-10-2-7-21-23/h2-4,7,10-11,16,20H,5-6,8-9H2,1H3,(H,22,24). The zero-order valence-electron chi connectivity index (χ0n) is 13.8. The molecule has 0 saturated carbocycles. The van der Waals surface area contributed by atoms with Gasteiger partial charge < -0.3 is 15.4 Å². The Bertz CT molecular complexity index is 728. The van der Waals surface area contributed by atoms with Gasteiger partial charge in [0.2, 0.25) is 0 Å². The zero-order chi connectivity index (χ0) is 17.9. The van der Waals surface area contributed by atoms with Gasteiger partial charge in [0, 0.05) is 24.1 Å². The molecule has 1 aromatic carbocycles. The number of anilines is 1. The number of benzene rings is 1. The van der Waals surface area contributed by atoms with Crippen molar-refractivity contribution in [2.24, 2.45) is 0 Å². The van der Waals surface area contributed by atoms with Crippen LogP contribution in [-0.4, -0.2) is 35.4 Å². The van der Waals surface area contributed by atoms with E-state index >= 15 is 0 Å². The number of carbonyl (C=O) groups is 1. The summed E-state index contributed by atoms with van der Waals surface area (Å²) < 4.78 is 31.2. The van der Waals surface area contributed by atoms with Crippen molar-refractivity contribution in [2.45, 2.75) is 31.9 Å². The molecule has 3 rings (SSSR count). The molecule has 2 heterocycles. The number of aromatic nitrogens is 2. The lowest BCUT2D eigenvalue weighted by molar-refractivity contribution is -0.126. The molecule has 0 bridgehead atoms. The van der Waals surface area contributed by atoms with Crippen LogP contribution in [0.3, 0.4) is 0 Å². The maximum atomic E-state index is 13.0. The van der Waals surface area contributed by atoms with E-state index in [2.05, 4.69) is 20.5 Å². The molecule has 2 N–H and O–H groups in total. The Balaban J connectivity index is 1.85. The molecule has 1 amide bonds. The van der Waals surface area contributed by atoms with Crippen LogP contribution in [0.15, 0.2) is 36.7 Å². The lowest BCUT2D eigenvalue weighted by atomic mass is 9.87. The number of nitrogens with zero attached hydrogens (tertiary/aromatic N) is 2. The number of aryl methyl sites for hydroxylation is 1. The number of hydrogen-bond donors (Lipinski definition) is 2. The van der Waals surface area contributed by atoms with Crippen LogP contribution in [-0.2, 0) is 10.3 Å². The van der Waals surface area contributed by atoms with Crippen molar-refractivity contribution in [1.29, 1.82) is 0 Å². The number of rotatable bonds is 5. The molecule has 1 saturated heterocycles. The molecule has 134 valence electrons. The van der Waals surface area contributed by atoms with Crippen LogP contribution >= 0.6 is 0 Å². The van der Waals surface area contributed by atoms with Crippen LogP contribution in [0.25, 0.3) is 0 Å². The summed E-state index contributed by atoms with van der Waals surface area (Å²) in [5, 5.41) is 10.3. The lowest BCUT2D eigenvalue weighted by Gasteiger charge is -2.36. The number of halogens is 2. The number of nitrogens with one attached hydrogen (secondary N) is 2. The van der Waals surface area contributed by atoms with Gasteiger partial charge in [-0.3, -0.25) is 9.48 Å². The second-order valence-electron chi connectivity index (χ2n) is 6.05. The van der Waals surface area contributed by atoms with Gasteiger partial charge in [0.15, 0.2) is 0 Å². The molecule has 6 nitrogen and oxygen atoms in total. The Kier molecular flexibility index (Phi) is 4.98. The number of carbonyl (C=O) groups excluding carboxylic acids is 1. The maximum absolute atomic E-state index is 13.0. The highest BCUT2D eigenvalue weighted by atomic mass is 19.3. The molecule has 0 aliphatic carbocycles. The fourth-order valence-corrected chi connectivity index (χ4v) is 3.07. The van der Waals surface area contributed by atoms with Gasteiger partial charge in [-0.15, -0.1) is 0 Å². The van der Waals surface area contributed by atoms with Gasteiger partial charge in [0.25, 0.3) is 5.91 Å². The molecule has 0 radical (unpaired) electrons. The first-order valence-electron chi connectivity index (χ1n) is 8.09. The van der Waals surface area contributed by atoms with Crippen LogP contribution in [0, 0.1) is 6.92 Å². The van der Waals surface area contributed by atoms with Crippen molar-refractivity contribution < 1.29 is 18.3 Å². The van der Waals surface area contributed by atoms with Crippen molar-refractivity contribution >= 4 is 11.6 Å². The Morgan fingerprint density at radius 1 is 1.40 bits per heavy atom. The predicted molar refractivity (Wildman–Crippen MR) is 88.7 cm³/mol. The second-order valence-corrected chi connectivity index (χ2v) is 6.05. The Morgan fingerprint density at radius 2 is 2.16 bits per heavy atom. The highest BCUT2D eigenvalue weighted by molar-refractivity contribution is 5.97. The summed E-state index contributed by atoms with van der Waals surface area (Å²) in [6.45, 7) is 0.146. The summed E-state index contributed by atoms with van der Waals surface area (Å²) in [5.74, 6) is -0.171. The van der Waals surface area contributed by atoms with Gasteiger partial charge in [0.05, 0.1) is 0 Å². The van der Waals surface area contributed by atoms with E-state index in [-0.39, 0.29) is 11.7 Å². The van der Waals surface area contributed by atoms with Crippen molar-refractivity contribution in [3.8, 4) is 5.75 Å². The van der Waals surface area contributed by atoms with Crippen LogP contribution in [0.5, 0.6) is 5.75 Å². The monoisotopic (exact) mass is 350 g/mol. The Morgan fingerprint density at radius 3 is 2.80 bits per heavy atom. The average Bonchev–Trinajstić information content (AvgIpc) is 3.13. The van der Waals surface area contributed by atoms with Crippen molar-refractivity contribution in [1.82, 2.24) is 15.1 Å². The number of piperidine rings is 1. The average molecular weight is 350 g/mol. The molecule has 1 fully saturated rings. The van der Waals surface area contributed by atoms with E-state index in [1.54, 1.807) is 42.2 Å². The van der Waals surface area contributed by atoms with E-state index in [0.29, 0.717) is 37.2 Å². The summed E-state index contributed by atoms with van der Waals surface area (Å²) in [6.07, 6.45) is 4.59. The van der Waals surface area contributed by atoms with Gasteiger partial charge in [-0.2, -0.15) is 13.9 Å². The minimum absolute atomic E-state index is 0.0475. The quantitative estimate of drug-likeness (QED) is 0.869. The molecular weight excluding hydrogens is 330 g/mol. The fourth-order valence-electron chi connectivity index (χ4n) is 3.07. The number of alkyl halides is 2. The van der Waals surface area contributed by atoms with Gasteiger partial charge in [-0.1, -0.05) is 6.07 Å². The van der Waals surface area contributed by atoms with Gasteiger partial charge in [0.1, 0.15) is 11.3 Å². The summed E-state index contributed by atoms with van der Waals surface area (Å²) >= 11 is 0. The molecule has 0 atom stereocenters. The van der Waals surface area contributed by atoms with Gasteiger partial charge in [-0.05, 0) is 50.6 Å². The van der Waals surface area contributed by atoms with Crippen LogP contribution in [0.1, 0.15) is 18.4 Å². The molecule has 0 spiro atoms. The SMILES string of the molecule is Cc1ccc(NC(=O)C2(n3cccn3)CCNCC2)cc1OC(F)F. The molecule has 1 aromatic heterocycles. The Hall–Kier alpha value is -2.48. The third-order valence-corrected chi connectivity index (χ3v) is 4.46. The van der Waals surface area contributed by atoms with E-state index in [9.17, 15) is 13.6 Å². The van der Waals surface area contributed by atoms with E-state index in [4.69, 9.17) is 0 Å². The normalized spacial score (nSPS) is 16.6. The number of hydrogen-bond acceptors (Lipinski definition) is 4. The van der Waals surface area contributed by atoms with Gasteiger partial charge in [-0.25, -0.2) is 0 Å². The topological polar surface area (TPSA) is 68.2 Å². The second kappa shape index (κ2) is 7.18. The highest BCUT2D eigenvalue weighted by Crippen LogP contribution is 2.30. The molecule has 2 aromatic rings. The maximum Gasteiger partial charge on any atom is 0.387 e. The highest BCUT2D eigenvalue weighted by Gasteiger charge is 2.42. The third kappa shape index (κ3) is 3.63. The summed E-state index contributed by atoms with van der Waals surface area (Å²) in [7, 11) is 0. The summed E-state index contributed by atoms with van der Waals surface area (Å²) in [6, 6.07) is 6.49. The zero-order valence-corrected chi connectivity index (χ0v) is 13.8. The van der Waals surface area contributed by atoms with Crippen LogP contribution in [0.2, 0.25) is 0 Å². The van der Waals surface area contributed by atoms with E-state index in [1.165, 1.54) is 6.07 Å². The molecule has 25 heavy (non-hydrogen) atoms. The molecule has 1 aliphatic rings. The van der Waals surface area contributed by atoms with Crippen molar-refractivity contribution in [3.05, 3.63) is 42.2 Å². The summed E-state index contributed by atoms with van der Waals surface area (Å²) in [5.41, 5.74) is 0.182. The molecule has 1 aliphatic heterocycles. The lowest BCUT2D eigenvalue weighted by Crippen LogP contribution is -2.52. The minimum Gasteiger partial charge on any atom is -0.434 e. The van der Waals surface area contributed by atoms with E-state index in [0.717, 1.165) is 0 Å². The number of amides is 1. The minimum atomic E-state index is -2.91. The third-order valence-electron chi connectivity index (χ3n) is 4.46. The van der Waals surface area contributed by atoms with Gasteiger partial charge >= 0.3 is 6.61 Å². The van der Waals surface area contributed by atoms with Crippen molar-refractivity contribution in [2.75, 3.05) is 18.4 Å². The van der Waals surface area contributed by atoms with Crippen molar-refractivity contribution in [3.63, 3.8) is 0 Å². The largest absolute Gasteiger partial charge is 0.434 e. The number of ether oxygens (including phenoxy) is 1. The summed E-state index contributed by atoms with van der Waals surface area (Å²) in [4.78, 5) is 13.0. The first-order valence-corrected chi connectivity index (χ1v) is 8.09. The molecule has 8 heteroatoms. The Labute approximate surface area is 144 Å². The fraction of sp³-hybridized carbons (Fsp3) is 0.412. The van der Waals surface area contributed by atoms with Crippen LogP contribution in [0.4, 0.5) is 14.5 Å². The molecular formula is C17H20F2N4O2. The predicted octanol–water partition coefficient (Wildman–Crippen LogP) is 2.51. The molecule has 0 unspecified atom stereocenters. The van der Waals surface area contributed by atoms with E-state index < -0.39 is 12.2 Å². The first kappa shape index (κ1) is 17.3. The van der Waals surface area contributed by atoms with Crippen LogP contribution < -0.4 is 15.4 Å². The smallest absolute Gasteiger partial charge is 0.387 e. The van der Waals surface area contributed by atoms with E-state index in [1.807, 2.05) is 0 Å². The first-order chi connectivity index (χ1) is 12.0.